The van der Waals surface area contributed by atoms with Crippen LogP contribution < -0.4 is 10.6 Å². The van der Waals surface area contributed by atoms with E-state index in [0.29, 0.717) is 17.3 Å². The molecule has 2 N–H and O–H groups in total. The molecule has 0 atom stereocenters. The van der Waals surface area contributed by atoms with Crippen molar-refractivity contribution in [2.75, 3.05) is 5.32 Å². The van der Waals surface area contributed by atoms with E-state index in [4.69, 9.17) is 11.6 Å². The molecule has 1 aromatic carbocycles. The second kappa shape index (κ2) is 6.04. The van der Waals surface area contributed by atoms with Crippen LogP contribution in [0.4, 0.5) is 10.5 Å². The number of amides is 2. The molecular weight excluding hydrogens is 282 g/mol. The maximum atomic E-state index is 11.8. The van der Waals surface area contributed by atoms with Crippen LogP contribution in [0.3, 0.4) is 0 Å². The van der Waals surface area contributed by atoms with Gasteiger partial charge in [0, 0.05) is 21.8 Å². The highest BCUT2D eigenvalue weighted by molar-refractivity contribution is 7.09. The first-order valence-corrected chi connectivity index (χ1v) is 7.03. The van der Waals surface area contributed by atoms with Gasteiger partial charge in [-0.05, 0) is 31.5 Å². The van der Waals surface area contributed by atoms with Crippen molar-refractivity contribution >= 4 is 34.7 Å². The van der Waals surface area contributed by atoms with Gasteiger partial charge in [-0.15, -0.1) is 11.3 Å². The molecule has 0 fully saturated rings. The number of hydrogen-bond donors (Lipinski definition) is 2. The van der Waals surface area contributed by atoms with Gasteiger partial charge in [-0.25, -0.2) is 9.78 Å². The van der Waals surface area contributed by atoms with Crippen LogP contribution in [0.1, 0.15) is 16.3 Å². The van der Waals surface area contributed by atoms with Crippen molar-refractivity contribution in [1.29, 1.82) is 0 Å². The average Bonchev–Trinajstić information content (AvgIpc) is 2.78. The van der Waals surface area contributed by atoms with Gasteiger partial charge in [0.15, 0.2) is 0 Å². The number of aromatic nitrogens is 1. The Kier molecular flexibility index (Phi) is 4.39. The van der Waals surface area contributed by atoms with Crippen LogP contribution in [0.5, 0.6) is 0 Å². The summed E-state index contributed by atoms with van der Waals surface area (Å²) >= 11 is 7.52. The Morgan fingerprint density at radius 1 is 1.42 bits per heavy atom. The number of rotatable bonds is 3. The third-order valence-corrected chi connectivity index (χ3v) is 3.96. The summed E-state index contributed by atoms with van der Waals surface area (Å²) in [5.41, 5.74) is 2.53. The van der Waals surface area contributed by atoms with Crippen molar-refractivity contribution in [1.82, 2.24) is 10.3 Å². The predicted molar refractivity (Wildman–Crippen MR) is 78.9 cm³/mol. The van der Waals surface area contributed by atoms with Crippen molar-refractivity contribution in [3.05, 3.63) is 44.9 Å². The van der Waals surface area contributed by atoms with E-state index >= 15 is 0 Å². The summed E-state index contributed by atoms with van der Waals surface area (Å²) in [7, 11) is 0. The summed E-state index contributed by atoms with van der Waals surface area (Å²) in [4.78, 5) is 16.0. The van der Waals surface area contributed by atoms with Crippen LogP contribution >= 0.6 is 22.9 Å². The highest BCUT2D eigenvalue weighted by atomic mass is 35.5. The number of nitrogens with zero attached hydrogens (tertiary/aromatic N) is 1. The third kappa shape index (κ3) is 3.68. The maximum absolute atomic E-state index is 11.8. The minimum atomic E-state index is -0.266. The number of hydrogen-bond acceptors (Lipinski definition) is 3. The second-order valence-corrected chi connectivity index (χ2v) is 5.45. The Morgan fingerprint density at radius 3 is 2.89 bits per heavy atom. The zero-order valence-corrected chi connectivity index (χ0v) is 12.2. The van der Waals surface area contributed by atoms with Gasteiger partial charge in [0.2, 0.25) is 0 Å². The number of anilines is 1. The summed E-state index contributed by atoms with van der Waals surface area (Å²) in [6.07, 6.45) is 0. The zero-order chi connectivity index (χ0) is 13.8. The molecule has 0 radical (unpaired) electrons. The molecule has 0 aliphatic rings. The van der Waals surface area contributed by atoms with E-state index in [2.05, 4.69) is 15.6 Å². The maximum Gasteiger partial charge on any atom is 0.319 e. The van der Waals surface area contributed by atoms with Gasteiger partial charge in [0.05, 0.1) is 6.54 Å². The molecule has 0 saturated heterocycles. The topological polar surface area (TPSA) is 54.0 Å². The van der Waals surface area contributed by atoms with E-state index in [1.807, 2.05) is 25.3 Å². The molecule has 1 heterocycles. The number of carbonyl (C=O) groups excluding carboxylic acids is 1. The molecule has 0 saturated carbocycles. The number of urea groups is 1. The van der Waals surface area contributed by atoms with E-state index in [0.717, 1.165) is 16.3 Å². The fraction of sp³-hybridized carbons (Fsp3) is 0.231. The van der Waals surface area contributed by atoms with Crippen LogP contribution in [-0.4, -0.2) is 11.0 Å². The van der Waals surface area contributed by atoms with Crippen molar-refractivity contribution in [2.45, 2.75) is 20.4 Å². The second-order valence-electron chi connectivity index (χ2n) is 4.10. The molecule has 0 aliphatic carbocycles. The lowest BCUT2D eigenvalue weighted by atomic mass is 10.2. The van der Waals surface area contributed by atoms with Crippen LogP contribution in [0.15, 0.2) is 23.6 Å². The van der Waals surface area contributed by atoms with E-state index < -0.39 is 0 Å². The average molecular weight is 296 g/mol. The molecular formula is C13H14ClN3OS. The van der Waals surface area contributed by atoms with E-state index in [9.17, 15) is 4.79 Å². The molecule has 2 rings (SSSR count). The minimum absolute atomic E-state index is 0.266. The summed E-state index contributed by atoms with van der Waals surface area (Å²) in [5, 5.41) is 9.00. The fourth-order valence-electron chi connectivity index (χ4n) is 1.55. The molecule has 4 nitrogen and oxygen atoms in total. The van der Waals surface area contributed by atoms with Crippen molar-refractivity contribution < 1.29 is 4.79 Å². The minimum Gasteiger partial charge on any atom is -0.331 e. The van der Waals surface area contributed by atoms with Gasteiger partial charge in [-0.3, -0.25) is 0 Å². The summed E-state index contributed by atoms with van der Waals surface area (Å²) in [6, 6.07) is 5.14. The first kappa shape index (κ1) is 13.8. The number of halogens is 1. The van der Waals surface area contributed by atoms with Crippen molar-refractivity contribution in [2.24, 2.45) is 0 Å². The van der Waals surface area contributed by atoms with Crippen molar-refractivity contribution in [3.8, 4) is 0 Å². The molecule has 100 valence electrons. The van der Waals surface area contributed by atoms with Gasteiger partial charge in [0.1, 0.15) is 5.01 Å². The Bertz CT molecular complexity index is 597. The number of nitrogens with one attached hydrogen (secondary N) is 2. The lowest BCUT2D eigenvalue weighted by Gasteiger charge is -2.09. The molecule has 0 unspecified atom stereocenters. The van der Waals surface area contributed by atoms with E-state index in [-0.39, 0.29) is 6.03 Å². The SMILES string of the molecule is Cc1csc(CNC(=O)Nc2cccc(Cl)c2C)n1. The fourth-order valence-corrected chi connectivity index (χ4v) is 2.44. The molecule has 6 heteroatoms. The van der Waals surface area contributed by atoms with Crippen molar-refractivity contribution in [3.63, 3.8) is 0 Å². The Balaban J connectivity index is 1.92. The first-order valence-electron chi connectivity index (χ1n) is 5.77. The quantitative estimate of drug-likeness (QED) is 0.906. The van der Waals surface area contributed by atoms with Gasteiger partial charge in [-0.1, -0.05) is 17.7 Å². The van der Waals surface area contributed by atoms with Crippen LogP contribution in [-0.2, 0) is 6.54 Å². The molecule has 2 amide bonds. The number of aryl methyl sites for hydroxylation is 1. The highest BCUT2D eigenvalue weighted by Crippen LogP contribution is 2.22. The molecule has 2 aromatic rings. The predicted octanol–water partition coefficient (Wildman–Crippen LogP) is 3.74. The molecule has 0 bridgehead atoms. The van der Waals surface area contributed by atoms with Crippen LogP contribution in [0.2, 0.25) is 5.02 Å². The van der Waals surface area contributed by atoms with E-state index in [1.54, 1.807) is 12.1 Å². The Hall–Kier alpha value is -1.59. The number of benzene rings is 1. The largest absolute Gasteiger partial charge is 0.331 e. The van der Waals surface area contributed by atoms with E-state index in [1.165, 1.54) is 11.3 Å². The van der Waals surface area contributed by atoms with Gasteiger partial charge in [-0.2, -0.15) is 0 Å². The summed E-state index contributed by atoms with van der Waals surface area (Å²) in [5.74, 6) is 0. The normalized spacial score (nSPS) is 10.3. The molecule has 19 heavy (non-hydrogen) atoms. The smallest absolute Gasteiger partial charge is 0.319 e. The summed E-state index contributed by atoms with van der Waals surface area (Å²) < 4.78 is 0. The van der Waals surface area contributed by atoms with Gasteiger partial charge < -0.3 is 10.6 Å². The van der Waals surface area contributed by atoms with Crippen LogP contribution in [0.25, 0.3) is 0 Å². The molecule has 1 aromatic heterocycles. The number of carbonyl (C=O) groups is 1. The monoisotopic (exact) mass is 295 g/mol. The molecule has 0 spiro atoms. The lowest BCUT2D eigenvalue weighted by molar-refractivity contribution is 0.251. The zero-order valence-electron chi connectivity index (χ0n) is 10.7. The lowest BCUT2D eigenvalue weighted by Crippen LogP contribution is -2.28. The highest BCUT2D eigenvalue weighted by Gasteiger charge is 2.07. The van der Waals surface area contributed by atoms with Gasteiger partial charge in [0.25, 0.3) is 0 Å². The van der Waals surface area contributed by atoms with Gasteiger partial charge >= 0.3 is 6.03 Å². The first-order chi connectivity index (χ1) is 9.06. The standard InChI is InChI=1S/C13H14ClN3OS/c1-8-7-19-12(16-8)6-15-13(18)17-11-5-3-4-10(14)9(11)2/h3-5,7H,6H2,1-2H3,(H2,15,17,18). The van der Waals surface area contributed by atoms with Crippen LogP contribution in [0, 0.1) is 13.8 Å². The number of thiazole rings is 1. The molecule has 0 aliphatic heterocycles. The summed E-state index contributed by atoms with van der Waals surface area (Å²) in [6.45, 7) is 4.21. The third-order valence-electron chi connectivity index (χ3n) is 2.58. The Labute approximate surface area is 120 Å². The Morgan fingerprint density at radius 2 is 2.21 bits per heavy atom.